The molecular formula is C27H27ClN8O3. The van der Waals surface area contributed by atoms with Crippen LogP contribution in [0.5, 0.6) is 5.75 Å². The number of nitrogens with one attached hydrogen (secondary N) is 1. The Labute approximate surface area is 228 Å². The summed E-state index contributed by atoms with van der Waals surface area (Å²) in [4.78, 5) is 30.9. The predicted octanol–water partition coefficient (Wildman–Crippen LogP) is 3.88. The van der Waals surface area contributed by atoms with Gasteiger partial charge in [0.15, 0.2) is 17.2 Å². The van der Waals surface area contributed by atoms with Gasteiger partial charge in [-0.25, -0.2) is 9.97 Å². The van der Waals surface area contributed by atoms with E-state index in [0.29, 0.717) is 39.4 Å². The maximum atomic E-state index is 13.6. The SMILES string of the molecule is Cn1c(Nc2cc(C3CC3)cn(C3CC4(COC4)C3)c2=O)nc2ncc(O/C(=C/N)c3cnccn3)c(Cl)c21. The lowest BCUT2D eigenvalue weighted by atomic mass is 9.64. The van der Waals surface area contributed by atoms with Crippen LogP contribution in [0, 0.1) is 5.41 Å². The highest BCUT2D eigenvalue weighted by Crippen LogP contribution is 2.53. The maximum Gasteiger partial charge on any atom is 0.274 e. The second kappa shape index (κ2) is 9.06. The molecule has 0 radical (unpaired) electrons. The van der Waals surface area contributed by atoms with E-state index in [1.807, 2.05) is 17.7 Å². The van der Waals surface area contributed by atoms with Crippen LogP contribution >= 0.6 is 11.6 Å². The molecule has 1 aliphatic heterocycles. The number of fused-ring (bicyclic) bond motifs is 1. The summed E-state index contributed by atoms with van der Waals surface area (Å²) in [7, 11) is 1.81. The van der Waals surface area contributed by atoms with Crippen LogP contribution < -0.4 is 21.3 Å². The van der Waals surface area contributed by atoms with Crippen molar-refractivity contribution < 1.29 is 9.47 Å². The summed E-state index contributed by atoms with van der Waals surface area (Å²) >= 11 is 6.76. The van der Waals surface area contributed by atoms with Crippen molar-refractivity contribution in [3.63, 3.8) is 0 Å². The first-order valence-electron chi connectivity index (χ1n) is 12.9. The van der Waals surface area contributed by atoms with Crippen LogP contribution in [0.2, 0.25) is 5.02 Å². The highest BCUT2D eigenvalue weighted by molar-refractivity contribution is 6.36. The van der Waals surface area contributed by atoms with E-state index in [9.17, 15) is 4.79 Å². The summed E-state index contributed by atoms with van der Waals surface area (Å²) in [5.74, 6) is 1.52. The Kier molecular flexibility index (Phi) is 5.60. The normalized spacial score (nSPS) is 18.7. The van der Waals surface area contributed by atoms with E-state index < -0.39 is 0 Å². The summed E-state index contributed by atoms with van der Waals surface area (Å²) in [6.45, 7) is 1.60. The Hall–Kier alpha value is -3.96. The van der Waals surface area contributed by atoms with E-state index in [1.54, 1.807) is 17.0 Å². The zero-order valence-corrected chi connectivity index (χ0v) is 22.1. The number of anilines is 2. The Morgan fingerprint density at radius 1 is 1.26 bits per heavy atom. The summed E-state index contributed by atoms with van der Waals surface area (Å²) < 4.78 is 15.1. The minimum Gasteiger partial charge on any atom is -0.450 e. The standard InChI is InChI=1S/C27H27ClN8O3/c1-35-23-22(28)21(39-20(9-29)19-10-30-4-5-31-19)11-32-24(23)34-26(35)33-18-6-16(15-2-3-15)12-36(25(18)37)17-7-27(8-17)13-38-14-27/h4-6,9-12,15,17H,2-3,7-8,13-14,29H2,1H3,(H,32,33,34)/b20-9+. The van der Waals surface area contributed by atoms with E-state index >= 15 is 0 Å². The third kappa shape index (κ3) is 4.12. The van der Waals surface area contributed by atoms with E-state index in [2.05, 4.69) is 31.4 Å². The molecule has 5 heterocycles. The lowest BCUT2D eigenvalue weighted by molar-refractivity contribution is -0.174. The highest BCUT2D eigenvalue weighted by Gasteiger charge is 2.50. The third-order valence-electron chi connectivity index (χ3n) is 7.90. The molecule has 0 aromatic carbocycles. The fourth-order valence-corrected chi connectivity index (χ4v) is 5.82. The third-order valence-corrected chi connectivity index (χ3v) is 8.26. The fourth-order valence-electron chi connectivity index (χ4n) is 5.52. The van der Waals surface area contributed by atoms with Gasteiger partial charge in [-0.15, -0.1) is 0 Å². The molecule has 0 unspecified atom stereocenters. The van der Waals surface area contributed by atoms with E-state index in [1.165, 1.54) is 24.2 Å². The number of imidazole rings is 1. The number of hydrogen-bond acceptors (Lipinski definition) is 9. The molecule has 3 aliphatic rings. The number of aromatic nitrogens is 6. The van der Waals surface area contributed by atoms with Gasteiger partial charge in [-0.1, -0.05) is 11.6 Å². The molecule has 0 atom stereocenters. The lowest BCUT2D eigenvalue weighted by Crippen LogP contribution is -2.53. The molecule has 12 heteroatoms. The van der Waals surface area contributed by atoms with Crippen LogP contribution in [0.4, 0.5) is 11.6 Å². The average Bonchev–Trinajstić information content (AvgIpc) is 3.69. The fraction of sp³-hybridized carbons (Fsp3) is 0.370. The molecule has 4 aromatic rings. The van der Waals surface area contributed by atoms with Crippen molar-refractivity contribution in [3.05, 3.63) is 69.9 Å². The number of aryl methyl sites for hydroxylation is 1. The van der Waals surface area contributed by atoms with Crippen molar-refractivity contribution in [1.82, 2.24) is 29.1 Å². The van der Waals surface area contributed by atoms with Crippen molar-refractivity contribution in [2.24, 2.45) is 18.2 Å². The van der Waals surface area contributed by atoms with Gasteiger partial charge in [0.25, 0.3) is 5.56 Å². The second-order valence-electron chi connectivity index (χ2n) is 10.7. The number of nitrogens with zero attached hydrogens (tertiary/aromatic N) is 6. The molecular weight excluding hydrogens is 520 g/mol. The Bertz CT molecular complexity index is 1670. The first-order valence-corrected chi connectivity index (χ1v) is 13.3. The molecule has 39 heavy (non-hydrogen) atoms. The van der Waals surface area contributed by atoms with E-state index in [-0.39, 0.29) is 28.5 Å². The number of ether oxygens (including phenoxy) is 2. The predicted molar refractivity (Wildman–Crippen MR) is 146 cm³/mol. The van der Waals surface area contributed by atoms with Gasteiger partial charge in [0, 0.05) is 43.3 Å². The first kappa shape index (κ1) is 24.1. The van der Waals surface area contributed by atoms with Gasteiger partial charge in [0.2, 0.25) is 5.95 Å². The number of hydrogen-bond donors (Lipinski definition) is 2. The largest absolute Gasteiger partial charge is 0.450 e. The van der Waals surface area contributed by atoms with Crippen LogP contribution in [0.25, 0.3) is 16.9 Å². The topological polar surface area (TPSA) is 135 Å². The smallest absolute Gasteiger partial charge is 0.274 e. The van der Waals surface area contributed by atoms with Gasteiger partial charge in [-0.2, -0.15) is 4.98 Å². The molecule has 1 spiro atoms. The molecule has 2 saturated carbocycles. The first-order chi connectivity index (χ1) is 18.9. The second-order valence-corrected chi connectivity index (χ2v) is 11.1. The Balaban J connectivity index is 1.21. The molecule has 0 amide bonds. The van der Waals surface area contributed by atoms with Gasteiger partial charge in [-0.05, 0) is 43.2 Å². The Morgan fingerprint density at radius 3 is 2.74 bits per heavy atom. The van der Waals surface area contributed by atoms with Crippen molar-refractivity contribution >= 4 is 40.2 Å². The summed E-state index contributed by atoms with van der Waals surface area (Å²) in [6, 6.07) is 2.15. The van der Waals surface area contributed by atoms with Crippen LogP contribution in [0.1, 0.15) is 48.9 Å². The van der Waals surface area contributed by atoms with Crippen LogP contribution in [-0.4, -0.2) is 42.3 Å². The molecule has 4 aromatic heterocycles. The minimum atomic E-state index is -0.0590. The van der Waals surface area contributed by atoms with Gasteiger partial charge >= 0.3 is 0 Å². The number of pyridine rings is 2. The number of rotatable bonds is 7. The molecule has 0 bridgehead atoms. The summed E-state index contributed by atoms with van der Waals surface area (Å²) in [5, 5.41) is 3.58. The molecule has 200 valence electrons. The number of halogens is 1. The zero-order valence-electron chi connectivity index (χ0n) is 21.3. The van der Waals surface area contributed by atoms with Gasteiger partial charge in [-0.3, -0.25) is 9.78 Å². The molecule has 2 aliphatic carbocycles. The molecule has 3 fully saturated rings. The van der Waals surface area contributed by atoms with Gasteiger partial charge in [0.1, 0.15) is 21.9 Å². The molecule has 1 saturated heterocycles. The van der Waals surface area contributed by atoms with Crippen LogP contribution in [0.15, 0.2) is 48.0 Å². The van der Waals surface area contributed by atoms with E-state index in [0.717, 1.165) is 38.9 Å². The summed E-state index contributed by atoms with van der Waals surface area (Å²) in [6.07, 6.45) is 13.7. The zero-order chi connectivity index (χ0) is 26.7. The van der Waals surface area contributed by atoms with Crippen molar-refractivity contribution in [2.45, 2.75) is 37.6 Å². The highest BCUT2D eigenvalue weighted by atomic mass is 35.5. The molecule has 3 N–H and O–H groups in total. The van der Waals surface area contributed by atoms with Crippen molar-refractivity contribution in [1.29, 1.82) is 0 Å². The minimum absolute atomic E-state index is 0.0590. The lowest BCUT2D eigenvalue weighted by Gasteiger charge is -2.53. The van der Waals surface area contributed by atoms with Crippen molar-refractivity contribution in [3.8, 4) is 5.75 Å². The average molecular weight is 547 g/mol. The maximum absolute atomic E-state index is 13.6. The number of nitrogens with two attached hydrogens (primary N) is 1. The Morgan fingerprint density at radius 2 is 2.08 bits per heavy atom. The monoisotopic (exact) mass is 546 g/mol. The van der Waals surface area contributed by atoms with Crippen LogP contribution in [0.3, 0.4) is 0 Å². The summed E-state index contributed by atoms with van der Waals surface area (Å²) in [5.41, 5.74) is 9.08. The molecule has 7 rings (SSSR count). The van der Waals surface area contributed by atoms with Gasteiger partial charge in [0.05, 0.1) is 25.6 Å². The van der Waals surface area contributed by atoms with Crippen LogP contribution in [-0.2, 0) is 11.8 Å². The van der Waals surface area contributed by atoms with E-state index in [4.69, 9.17) is 26.8 Å². The molecule has 11 nitrogen and oxygen atoms in total. The van der Waals surface area contributed by atoms with Gasteiger partial charge < -0.3 is 29.7 Å². The van der Waals surface area contributed by atoms with Crippen molar-refractivity contribution in [2.75, 3.05) is 18.5 Å². The quantitative estimate of drug-likeness (QED) is 0.331.